The number of benzene rings is 1. The molecule has 0 aliphatic rings. The minimum atomic E-state index is -0.361. The highest BCUT2D eigenvalue weighted by Gasteiger charge is 2.19. The summed E-state index contributed by atoms with van der Waals surface area (Å²) < 4.78 is 6.80. The van der Waals surface area contributed by atoms with Crippen LogP contribution in [-0.4, -0.2) is 38.2 Å². The van der Waals surface area contributed by atoms with Crippen molar-refractivity contribution in [3.8, 4) is 11.4 Å². The molecule has 3 aromatic rings. The van der Waals surface area contributed by atoms with E-state index in [4.69, 9.17) is 4.74 Å². The standard InChI is InChI=1S/C15H16N6O2S/c1-4-12-17-19-15(24-12)16-14(22)13-9(2)21(20-18-13)10-6-5-7-11(8-10)23-3/h5-8H,4H2,1-3H3,(H,16,19,22). The summed E-state index contributed by atoms with van der Waals surface area (Å²) in [6.45, 7) is 3.77. The molecule has 2 aromatic heterocycles. The first-order valence-electron chi connectivity index (χ1n) is 7.32. The molecule has 0 radical (unpaired) electrons. The average molecular weight is 344 g/mol. The molecule has 1 amide bonds. The topological polar surface area (TPSA) is 94.8 Å². The second kappa shape index (κ2) is 6.75. The number of amides is 1. The smallest absolute Gasteiger partial charge is 0.279 e. The summed E-state index contributed by atoms with van der Waals surface area (Å²) in [6.07, 6.45) is 0.776. The third kappa shape index (κ3) is 3.11. The number of hydrogen-bond acceptors (Lipinski definition) is 7. The lowest BCUT2D eigenvalue weighted by atomic mass is 10.2. The van der Waals surface area contributed by atoms with Crippen molar-refractivity contribution in [1.82, 2.24) is 25.2 Å². The quantitative estimate of drug-likeness (QED) is 0.763. The maximum absolute atomic E-state index is 12.4. The Hall–Kier alpha value is -2.81. The largest absolute Gasteiger partial charge is 0.497 e. The Morgan fingerprint density at radius 2 is 2.17 bits per heavy atom. The van der Waals surface area contributed by atoms with Crippen LogP contribution in [0.1, 0.15) is 28.1 Å². The fourth-order valence-electron chi connectivity index (χ4n) is 2.13. The second-order valence-corrected chi connectivity index (χ2v) is 6.01. The van der Waals surface area contributed by atoms with E-state index in [-0.39, 0.29) is 11.6 Å². The lowest BCUT2D eigenvalue weighted by Gasteiger charge is -2.05. The van der Waals surface area contributed by atoms with Gasteiger partial charge in [0.15, 0.2) is 5.69 Å². The van der Waals surface area contributed by atoms with E-state index >= 15 is 0 Å². The SMILES string of the molecule is CCc1nnc(NC(=O)c2nnn(-c3cccc(OC)c3)c2C)s1. The first-order valence-corrected chi connectivity index (χ1v) is 8.14. The number of aromatic nitrogens is 5. The summed E-state index contributed by atoms with van der Waals surface area (Å²) in [7, 11) is 1.60. The second-order valence-electron chi connectivity index (χ2n) is 4.95. The van der Waals surface area contributed by atoms with Crippen LogP contribution in [0.15, 0.2) is 24.3 Å². The third-order valence-electron chi connectivity index (χ3n) is 3.40. The van der Waals surface area contributed by atoms with Crippen molar-refractivity contribution >= 4 is 22.4 Å². The number of carbonyl (C=O) groups excluding carboxylic acids is 1. The van der Waals surface area contributed by atoms with Gasteiger partial charge in [0, 0.05) is 6.07 Å². The van der Waals surface area contributed by atoms with Crippen LogP contribution in [0.4, 0.5) is 5.13 Å². The fraction of sp³-hybridized carbons (Fsp3) is 0.267. The summed E-state index contributed by atoms with van der Waals surface area (Å²) in [5.41, 5.74) is 1.63. The number of carbonyl (C=O) groups is 1. The molecule has 0 aliphatic heterocycles. The molecule has 8 nitrogen and oxygen atoms in total. The number of hydrogen-bond donors (Lipinski definition) is 1. The zero-order chi connectivity index (χ0) is 17.1. The van der Waals surface area contributed by atoms with Crippen molar-refractivity contribution in [3.63, 3.8) is 0 Å². The molecule has 0 fully saturated rings. The van der Waals surface area contributed by atoms with Gasteiger partial charge in [-0.1, -0.05) is 29.5 Å². The van der Waals surface area contributed by atoms with Crippen LogP contribution in [0.3, 0.4) is 0 Å². The summed E-state index contributed by atoms with van der Waals surface area (Å²) >= 11 is 1.34. The molecular weight excluding hydrogens is 328 g/mol. The number of nitrogens with one attached hydrogen (secondary N) is 1. The van der Waals surface area contributed by atoms with E-state index < -0.39 is 0 Å². The Kier molecular flexibility index (Phi) is 4.52. The van der Waals surface area contributed by atoms with E-state index in [9.17, 15) is 4.79 Å². The van der Waals surface area contributed by atoms with Crippen molar-refractivity contribution in [2.24, 2.45) is 0 Å². The fourth-order valence-corrected chi connectivity index (χ4v) is 2.80. The molecule has 124 valence electrons. The van der Waals surface area contributed by atoms with Crippen molar-refractivity contribution in [1.29, 1.82) is 0 Å². The Balaban J connectivity index is 1.84. The minimum absolute atomic E-state index is 0.242. The Morgan fingerprint density at radius 1 is 1.33 bits per heavy atom. The number of rotatable bonds is 5. The Bertz CT molecular complexity index is 872. The molecule has 9 heteroatoms. The zero-order valence-electron chi connectivity index (χ0n) is 13.5. The predicted molar refractivity (Wildman–Crippen MR) is 89.9 cm³/mol. The lowest BCUT2D eigenvalue weighted by Crippen LogP contribution is -2.14. The molecule has 0 saturated heterocycles. The van der Waals surface area contributed by atoms with Crippen molar-refractivity contribution in [2.45, 2.75) is 20.3 Å². The third-order valence-corrected chi connectivity index (χ3v) is 4.38. The lowest BCUT2D eigenvalue weighted by molar-refractivity contribution is 0.102. The van der Waals surface area contributed by atoms with Gasteiger partial charge < -0.3 is 4.74 Å². The molecule has 0 unspecified atom stereocenters. The van der Waals surface area contributed by atoms with Crippen molar-refractivity contribution in [2.75, 3.05) is 12.4 Å². The first-order chi connectivity index (χ1) is 11.6. The van der Waals surface area contributed by atoms with Crippen LogP contribution < -0.4 is 10.1 Å². The van der Waals surface area contributed by atoms with Crippen LogP contribution in [-0.2, 0) is 6.42 Å². The van der Waals surface area contributed by atoms with Gasteiger partial charge in [-0.3, -0.25) is 10.1 Å². The molecule has 24 heavy (non-hydrogen) atoms. The highest BCUT2D eigenvalue weighted by Crippen LogP contribution is 2.20. The molecule has 0 spiro atoms. The van der Waals surface area contributed by atoms with Crippen LogP contribution in [0.2, 0.25) is 0 Å². The van der Waals surface area contributed by atoms with E-state index in [1.165, 1.54) is 11.3 Å². The van der Waals surface area contributed by atoms with Crippen LogP contribution in [0, 0.1) is 6.92 Å². The van der Waals surface area contributed by atoms with E-state index in [2.05, 4.69) is 25.8 Å². The van der Waals surface area contributed by atoms with Gasteiger partial charge in [-0.05, 0) is 25.5 Å². The highest BCUT2D eigenvalue weighted by molar-refractivity contribution is 7.15. The maximum atomic E-state index is 12.4. The number of nitrogens with zero attached hydrogens (tertiary/aromatic N) is 5. The van der Waals surface area contributed by atoms with Gasteiger partial charge in [-0.15, -0.1) is 15.3 Å². The Morgan fingerprint density at radius 3 is 2.88 bits per heavy atom. The highest BCUT2D eigenvalue weighted by atomic mass is 32.1. The van der Waals surface area contributed by atoms with Crippen LogP contribution in [0.5, 0.6) is 5.75 Å². The Labute approximate surface area is 142 Å². The van der Waals surface area contributed by atoms with E-state index in [0.717, 1.165) is 17.1 Å². The predicted octanol–water partition coefficient (Wildman–Crippen LogP) is 2.25. The molecule has 0 atom stereocenters. The van der Waals surface area contributed by atoms with Gasteiger partial charge in [-0.25, -0.2) is 4.68 Å². The normalized spacial score (nSPS) is 10.6. The maximum Gasteiger partial charge on any atom is 0.279 e. The first kappa shape index (κ1) is 16.1. The number of methoxy groups -OCH3 is 1. The van der Waals surface area contributed by atoms with Crippen LogP contribution in [0.25, 0.3) is 5.69 Å². The van der Waals surface area contributed by atoms with E-state index in [0.29, 0.717) is 16.6 Å². The molecule has 0 saturated carbocycles. The van der Waals surface area contributed by atoms with E-state index in [1.54, 1.807) is 18.7 Å². The van der Waals surface area contributed by atoms with Gasteiger partial charge in [0.1, 0.15) is 10.8 Å². The monoisotopic (exact) mass is 344 g/mol. The molecular formula is C15H16N6O2S. The molecule has 0 bridgehead atoms. The number of ether oxygens (including phenoxy) is 1. The number of anilines is 1. The van der Waals surface area contributed by atoms with Crippen LogP contribution >= 0.6 is 11.3 Å². The van der Waals surface area contributed by atoms with Gasteiger partial charge in [0.25, 0.3) is 5.91 Å². The number of aryl methyl sites for hydroxylation is 1. The minimum Gasteiger partial charge on any atom is -0.497 e. The van der Waals surface area contributed by atoms with Gasteiger partial charge in [-0.2, -0.15) is 0 Å². The summed E-state index contributed by atoms with van der Waals surface area (Å²) in [5, 5.41) is 20.0. The zero-order valence-corrected chi connectivity index (χ0v) is 14.3. The van der Waals surface area contributed by atoms with Gasteiger partial charge in [0.2, 0.25) is 5.13 Å². The van der Waals surface area contributed by atoms with Crippen molar-refractivity contribution in [3.05, 3.63) is 40.7 Å². The molecule has 0 aliphatic carbocycles. The summed E-state index contributed by atoms with van der Waals surface area (Å²) in [5.74, 6) is 0.342. The summed E-state index contributed by atoms with van der Waals surface area (Å²) in [4.78, 5) is 12.4. The van der Waals surface area contributed by atoms with Crippen molar-refractivity contribution < 1.29 is 9.53 Å². The van der Waals surface area contributed by atoms with Gasteiger partial charge >= 0.3 is 0 Å². The van der Waals surface area contributed by atoms with Gasteiger partial charge in [0.05, 0.1) is 18.5 Å². The summed E-state index contributed by atoms with van der Waals surface area (Å²) in [6, 6.07) is 7.37. The molecule has 3 rings (SSSR count). The average Bonchev–Trinajstić information content (AvgIpc) is 3.21. The molecule has 2 heterocycles. The molecule has 1 N–H and O–H groups in total. The van der Waals surface area contributed by atoms with E-state index in [1.807, 2.05) is 31.2 Å². The molecule has 1 aromatic carbocycles.